The smallest absolute Gasteiger partial charge is 0.131 e. The van der Waals surface area contributed by atoms with E-state index in [-0.39, 0.29) is 17.7 Å². The van der Waals surface area contributed by atoms with E-state index in [0.717, 1.165) is 17.0 Å². The maximum absolute atomic E-state index is 5.31. The summed E-state index contributed by atoms with van der Waals surface area (Å²) in [5, 5.41) is 12.9. The van der Waals surface area contributed by atoms with E-state index in [4.69, 9.17) is 4.99 Å². The van der Waals surface area contributed by atoms with Crippen LogP contribution >= 0.6 is 11.3 Å². The van der Waals surface area contributed by atoms with Crippen molar-refractivity contribution in [2.24, 2.45) is 4.99 Å². The predicted molar refractivity (Wildman–Crippen MR) is 236 cm³/mol. The van der Waals surface area contributed by atoms with E-state index in [0.29, 0.717) is 0 Å². The van der Waals surface area contributed by atoms with Gasteiger partial charge in [-0.2, -0.15) is 0 Å². The minimum absolute atomic E-state index is 0.158. The molecule has 0 saturated heterocycles. The third-order valence-corrected chi connectivity index (χ3v) is 13.1. The van der Waals surface area contributed by atoms with Gasteiger partial charge in [-0.25, -0.2) is 4.99 Å². The van der Waals surface area contributed by atoms with E-state index in [1.54, 1.807) is 0 Å². The molecule has 1 aliphatic heterocycles. The first-order valence-corrected chi connectivity index (χ1v) is 20.3. The van der Waals surface area contributed by atoms with Gasteiger partial charge in [0.15, 0.2) is 0 Å². The van der Waals surface area contributed by atoms with Gasteiger partial charge in [0.05, 0.1) is 0 Å². The van der Waals surface area contributed by atoms with Gasteiger partial charge in [-0.3, -0.25) is 5.32 Å². The molecule has 2 aliphatic rings. The molecule has 0 bridgehead atoms. The van der Waals surface area contributed by atoms with E-state index >= 15 is 0 Å². The van der Waals surface area contributed by atoms with E-state index in [1.165, 1.54) is 81.0 Å². The van der Waals surface area contributed by atoms with Crippen molar-refractivity contribution >= 4 is 48.1 Å². The van der Waals surface area contributed by atoms with Gasteiger partial charge in [-0.1, -0.05) is 166 Å². The highest BCUT2D eigenvalue weighted by molar-refractivity contribution is 7.25. The number of hydrogen-bond donors (Lipinski definition) is 2. The Balaban J connectivity index is 1.02. The van der Waals surface area contributed by atoms with Crippen molar-refractivity contribution in [2.45, 2.75) is 31.6 Å². The molecule has 0 fully saturated rings. The molecule has 9 aromatic rings. The van der Waals surface area contributed by atoms with Crippen LogP contribution in [0.15, 0.2) is 181 Å². The predicted octanol–water partition coefficient (Wildman–Crippen LogP) is 13.2. The molecule has 56 heavy (non-hydrogen) atoms. The zero-order valence-corrected chi connectivity index (χ0v) is 32.1. The van der Waals surface area contributed by atoms with E-state index in [2.05, 4.69) is 200 Å². The van der Waals surface area contributed by atoms with Crippen molar-refractivity contribution < 1.29 is 0 Å². The number of aliphatic imine (C=N–C) groups is 1. The van der Waals surface area contributed by atoms with Crippen LogP contribution in [0.2, 0.25) is 0 Å². The fourth-order valence-electron chi connectivity index (χ4n) is 9.15. The van der Waals surface area contributed by atoms with Gasteiger partial charge < -0.3 is 5.32 Å². The highest BCUT2D eigenvalue weighted by Gasteiger charge is 2.39. The summed E-state index contributed by atoms with van der Waals surface area (Å²) in [6, 6.07) is 64.2. The Kier molecular flexibility index (Phi) is 7.60. The van der Waals surface area contributed by atoms with Crippen molar-refractivity contribution in [3.05, 3.63) is 204 Å². The Bertz CT molecular complexity index is 3000. The van der Waals surface area contributed by atoms with Crippen LogP contribution in [-0.2, 0) is 5.41 Å². The van der Waals surface area contributed by atoms with Crippen LogP contribution in [0.5, 0.6) is 0 Å². The summed E-state index contributed by atoms with van der Waals surface area (Å²) in [7, 11) is 0. The Morgan fingerprint density at radius 3 is 1.96 bits per heavy atom. The molecule has 8 aromatic carbocycles. The molecule has 2 atom stereocenters. The lowest BCUT2D eigenvalue weighted by Crippen LogP contribution is -2.45. The molecule has 3 nitrogen and oxygen atoms in total. The number of hydrogen-bond acceptors (Lipinski definition) is 4. The van der Waals surface area contributed by atoms with Crippen molar-refractivity contribution in [1.29, 1.82) is 0 Å². The summed E-state index contributed by atoms with van der Waals surface area (Å²) in [6.45, 7) is 4.80. The molecule has 2 unspecified atom stereocenters. The van der Waals surface area contributed by atoms with Crippen molar-refractivity contribution in [3.63, 3.8) is 0 Å². The monoisotopic (exact) mass is 737 g/mol. The number of fused-ring (bicyclic) bond motifs is 8. The normalized spacial score (nSPS) is 17.1. The van der Waals surface area contributed by atoms with Gasteiger partial charge in [-0.15, -0.1) is 11.3 Å². The van der Waals surface area contributed by atoms with Crippen LogP contribution < -0.4 is 10.6 Å². The van der Waals surface area contributed by atoms with Crippen LogP contribution in [0.3, 0.4) is 0 Å². The number of nitrogens with zero attached hydrogens (tertiary/aromatic N) is 1. The molecule has 4 heteroatoms. The Morgan fingerprint density at radius 1 is 0.518 bits per heavy atom. The van der Waals surface area contributed by atoms with Gasteiger partial charge in [0.2, 0.25) is 0 Å². The Hall–Kier alpha value is -6.33. The summed E-state index contributed by atoms with van der Waals surface area (Å²) in [4.78, 5) is 5.31. The lowest BCUT2D eigenvalue weighted by Gasteiger charge is -2.33. The van der Waals surface area contributed by atoms with Crippen LogP contribution in [0.1, 0.15) is 54.0 Å². The first-order chi connectivity index (χ1) is 27.5. The van der Waals surface area contributed by atoms with Gasteiger partial charge >= 0.3 is 0 Å². The molecule has 0 saturated carbocycles. The molecule has 0 spiro atoms. The molecule has 2 N–H and O–H groups in total. The molecular weight excluding hydrogens is 699 g/mol. The molecule has 268 valence electrons. The molecule has 2 heterocycles. The van der Waals surface area contributed by atoms with Crippen molar-refractivity contribution in [2.75, 3.05) is 0 Å². The Morgan fingerprint density at radius 2 is 1.16 bits per heavy atom. The van der Waals surface area contributed by atoms with Crippen LogP contribution in [0.4, 0.5) is 0 Å². The molecular formula is C52H39N3S. The number of rotatable bonds is 5. The van der Waals surface area contributed by atoms with Gasteiger partial charge in [0.25, 0.3) is 0 Å². The summed E-state index contributed by atoms with van der Waals surface area (Å²) in [5.74, 6) is 0.893. The quantitative estimate of drug-likeness (QED) is 0.185. The van der Waals surface area contributed by atoms with Crippen molar-refractivity contribution in [1.82, 2.24) is 10.6 Å². The van der Waals surface area contributed by atoms with Gasteiger partial charge in [-0.05, 0) is 90.7 Å². The molecule has 1 aromatic heterocycles. The highest BCUT2D eigenvalue weighted by Crippen LogP contribution is 2.55. The van der Waals surface area contributed by atoms with Gasteiger partial charge in [0.1, 0.15) is 18.2 Å². The van der Waals surface area contributed by atoms with E-state index in [1.807, 2.05) is 11.3 Å². The van der Waals surface area contributed by atoms with E-state index in [9.17, 15) is 0 Å². The van der Waals surface area contributed by atoms with Gasteiger partial charge in [0, 0.05) is 31.2 Å². The second-order valence-corrected chi connectivity index (χ2v) is 16.7. The number of thiophene rings is 1. The largest absolute Gasteiger partial charge is 0.350 e. The summed E-state index contributed by atoms with van der Waals surface area (Å²) >= 11 is 1.85. The minimum atomic E-state index is -0.229. The average molecular weight is 738 g/mol. The standard InChI is InChI=1S/C52H39N3S/c1-52(2)44-31-38(51-54-49(35-15-7-4-8-16-35)53-50(55-51)37-26-28-46-43(30-37)40-19-11-12-20-45(40)56-46)25-27-41(44)47-42(29-36-17-9-10-18-39(36)48(47)52)34-23-21-33(22-24-34)32-13-5-3-6-14-32/h3-31,50-51,55H,1-2H3,(H,53,54). The Labute approximate surface area is 331 Å². The van der Waals surface area contributed by atoms with Crippen LogP contribution in [0, 0.1) is 0 Å². The van der Waals surface area contributed by atoms with Crippen LogP contribution in [-0.4, -0.2) is 5.84 Å². The van der Waals surface area contributed by atoms with Crippen molar-refractivity contribution in [3.8, 4) is 33.4 Å². The third-order valence-electron chi connectivity index (χ3n) is 11.9. The second-order valence-electron chi connectivity index (χ2n) is 15.6. The first-order valence-electron chi connectivity index (χ1n) is 19.4. The van der Waals surface area contributed by atoms with Crippen LogP contribution in [0.25, 0.3) is 64.3 Å². The number of amidine groups is 1. The molecule has 11 rings (SSSR count). The third kappa shape index (κ3) is 5.32. The number of benzene rings is 8. The minimum Gasteiger partial charge on any atom is -0.350 e. The summed E-state index contributed by atoms with van der Waals surface area (Å²) in [5.41, 5.74) is 13.6. The fourth-order valence-corrected chi connectivity index (χ4v) is 10.2. The zero-order valence-electron chi connectivity index (χ0n) is 31.3. The molecule has 1 aliphatic carbocycles. The summed E-state index contributed by atoms with van der Waals surface area (Å²) in [6.07, 6.45) is -0.387. The highest BCUT2D eigenvalue weighted by atomic mass is 32.1. The average Bonchev–Trinajstić information content (AvgIpc) is 3.75. The topological polar surface area (TPSA) is 36.4 Å². The zero-order chi connectivity index (χ0) is 37.4. The second kappa shape index (κ2) is 12.9. The maximum Gasteiger partial charge on any atom is 0.131 e. The SMILES string of the molecule is CC1(C)c2cc(C3NC(c4ccccc4)=NC(c4ccc5sc6ccccc6c5c4)N3)ccc2-c2c(-c3ccc(-c4ccccc4)cc3)cc3ccccc3c21. The van der Waals surface area contributed by atoms with E-state index < -0.39 is 0 Å². The fraction of sp³-hybridized carbons (Fsp3) is 0.0962. The first kappa shape index (κ1) is 33.0. The molecule has 0 amide bonds. The molecule has 0 radical (unpaired) electrons. The number of nitrogens with one attached hydrogen (secondary N) is 2. The summed E-state index contributed by atoms with van der Waals surface area (Å²) < 4.78 is 2.61. The lowest BCUT2D eigenvalue weighted by molar-refractivity contribution is 0.408. The maximum atomic E-state index is 5.31. The lowest BCUT2D eigenvalue weighted by atomic mass is 9.79.